The van der Waals surface area contributed by atoms with Crippen molar-refractivity contribution in [3.8, 4) is 0 Å². The lowest BCUT2D eigenvalue weighted by Crippen LogP contribution is -2.38. The zero-order valence-corrected chi connectivity index (χ0v) is 13.9. The number of aliphatic imine (C=N–C) groups is 1. The Morgan fingerprint density at radius 1 is 1.63 bits per heavy atom. The highest BCUT2D eigenvalue weighted by Crippen LogP contribution is 2.33. The molecule has 6 nitrogen and oxygen atoms in total. The van der Waals surface area contributed by atoms with Gasteiger partial charge in [0.05, 0.1) is 5.69 Å². The number of nitrogens with zero attached hydrogens (tertiary/aromatic N) is 3. The summed E-state index contributed by atoms with van der Waals surface area (Å²) < 4.78 is 7.71. The molecular weight excluding hydrogens is 357 g/mol. The predicted octanol–water partition coefficient (Wildman–Crippen LogP) is 0.910. The third-order valence-electron chi connectivity index (χ3n) is 3.36. The Morgan fingerprint density at radius 2 is 2.42 bits per heavy atom. The van der Waals surface area contributed by atoms with E-state index in [2.05, 4.69) is 20.7 Å². The van der Waals surface area contributed by atoms with E-state index in [1.807, 2.05) is 31.0 Å². The molecule has 0 aromatic carbocycles. The van der Waals surface area contributed by atoms with Crippen LogP contribution in [-0.2, 0) is 11.8 Å². The fourth-order valence-corrected chi connectivity index (χ4v) is 2.34. The predicted molar refractivity (Wildman–Crippen MR) is 85.8 cm³/mol. The summed E-state index contributed by atoms with van der Waals surface area (Å²) in [5, 5.41) is 10.5. The molecule has 0 saturated carbocycles. The van der Waals surface area contributed by atoms with Crippen molar-refractivity contribution in [2.75, 3.05) is 27.2 Å². The first-order chi connectivity index (χ1) is 8.76. The summed E-state index contributed by atoms with van der Waals surface area (Å²) in [7, 11) is 5.58. The maximum Gasteiger partial charge on any atom is 0.190 e. The molecule has 1 aliphatic heterocycles. The van der Waals surface area contributed by atoms with Crippen LogP contribution in [0.2, 0.25) is 0 Å². The number of aryl methyl sites for hydroxylation is 1. The Labute approximate surface area is 131 Å². The summed E-state index contributed by atoms with van der Waals surface area (Å²) in [5.41, 5.74) is 1.14. The Kier molecular flexibility index (Phi) is 6.56. The van der Waals surface area contributed by atoms with E-state index in [9.17, 15) is 0 Å². The van der Waals surface area contributed by atoms with Crippen molar-refractivity contribution in [1.82, 2.24) is 20.4 Å². The van der Waals surface area contributed by atoms with E-state index in [4.69, 9.17) is 4.74 Å². The minimum Gasteiger partial charge on any atom is -0.372 e. The molecule has 1 fully saturated rings. The van der Waals surface area contributed by atoms with E-state index in [0.717, 1.165) is 31.2 Å². The van der Waals surface area contributed by atoms with Crippen molar-refractivity contribution in [2.24, 2.45) is 18.0 Å². The second-order valence-electron chi connectivity index (χ2n) is 4.42. The zero-order chi connectivity index (χ0) is 13.0. The van der Waals surface area contributed by atoms with Crippen molar-refractivity contribution in [2.45, 2.75) is 12.5 Å². The van der Waals surface area contributed by atoms with Crippen LogP contribution < -0.4 is 10.6 Å². The molecule has 2 rings (SSSR count). The zero-order valence-electron chi connectivity index (χ0n) is 11.6. The van der Waals surface area contributed by atoms with Crippen LogP contribution in [0.25, 0.3) is 0 Å². The van der Waals surface area contributed by atoms with Gasteiger partial charge in [-0.15, -0.1) is 24.0 Å². The highest BCUT2D eigenvalue weighted by atomic mass is 127. The van der Waals surface area contributed by atoms with Gasteiger partial charge in [-0.05, 0) is 12.5 Å². The van der Waals surface area contributed by atoms with Crippen molar-refractivity contribution in [3.05, 3.63) is 18.0 Å². The molecule has 108 valence electrons. The fraction of sp³-hybridized carbons (Fsp3) is 0.667. The van der Waals surface area contributed by atoms with Gasteiger partial charge in [-0.2, -0.15) is 5.10 Å². The molecule has 0 unspecified atom stereocenters. The van der Waals surface area contributed by atoms with Gasteiger partial charge >= 0.3 is 0 Å². The highest BCUT2D eigenvalue weighted by Gasteiger charge is 2.31. The van der Waals surface area contributed by atoms with Crippen LogP contribution in [0.1, 0.15) is 18.2 Å². The molecule has 19 heavy (non-hydrogen) atoms. The van der Waals surface area contributed by atoms with Gasteiger partial charge in [0.2, 0.25) is 0 Å². The Balaban J connectivity index is 0.00000180. The fourth-order valence-electron chi connectivity index (χ4n) is 2.34. The summed E-state index contributed by atoms with van der Waals surface area (Å²) in [6, 6.07) is 2.02. The van der Waals surface area contributed by atoms with Crippen molar-refractivity contribution >= 4 is 29.9 Å². The van der Waals surface area contributed by atoms with Crippen molar-refractivity contribution < 1.29 is 4.74 Å². The van der Waals surface area contributed by atoms with Gasteiger partial charge < -0.3 is 15.4 Å². The number of rotatable bonds is 3. The summed E-state index contributed by atoms with van der Waals surface area (Å²) in [6.45, 7) is 1.66. The lowest BCUT2D eigenvalue weighted by Gasteiger charge is -2.20. The number of guanidine groups is 1. The van der Waals surface area contributed by atoms with Crippen LogP contribution in [0, 0.1) is 5.92 Å². The molecule has 0 spiro atoms. The average Bonchev–Trinajstić information content (AvgIpc) is 2.99. The molecular formula is C12H22IN5O. The maximum absolute atomic E-state index is 5.83. The Morgan fingerprint density at radius 3 is 3.00 bits per heavy atom. The summed E-state index contributed by atoms with van der Waals surface area (Å²) in [5.74, 6) is 1.26. The largest absolute Gasteiger partial charge is 0.372 e. The molecule has 0 bridgehead atoms. The van der Waals surface area contributed by atoms with Gasteiger partial charge in [0.1, 0.15) is 6.10 Å². The molecule has 1 saturated heterocycles. The molecule has 2 atom stereocenters. The number of halogens is 1. The molecule has 0 radical (unpaired) electrons. The third kappa shape index (κ3) is 3.82. The van der Waals surface area contributed by atoms with E-state index in [0.29, 0.717) is 5.92 Å². The number of ether oxygens (including phenoxy) is 1. The smallest absolute Gasteiger partial charge is 0.190 e. The van der Waals surface area contributed by atoms with Crippen LogP contribution in [0.5, 0.6) is 0 Å². The number of hydrogen-bond donors (Lipinski definition) is 2. The van der Waals surface area contributed by atoms with Gasteiger partial charge in [0.15, 0.2) is 5.96 Å². The van der Waals surface area contributed by atoms with E-state index < -0.39 is 0 Å². The normalized spacial score (nSPS) is 23.0. The standard InChI is InChI=1S/C12H21N5O.HI/c1-13-12(14-2)15-8-9-5-7-18-11(9)10-4-6-16-17(10)3;/h4,6,9,11H,5,7-8H2,1-3H3,(H2,13,14,15);1H/t9-,11+;/m0./s1. The second kappa shape index (κ2) is 7.68. The third-order valence-corrected chi connectivity index (χ3v) is 3.36. The quantitative estimate of drug-likeness (QED) is 0.466. The molecule has 1 aromatic rings. The van der Waals surface area contributed by atoms with Gasteiger partial charge in [-0.1, -0.05) is 0 Å². The maximum atomic E-state index is 5.83. The number of nitrogens with one attached hydrogen (secondary N) is 2. The van der Waals surface area contributed by atoms with E-state index in [-0.39, 0.29) is 30.1 Å². The number of hydrogen-bond acceptors (Lipinski definition) is 3. The average molecular weight is 379 g/mol. The highest BCUT2D eigenvalue weighted by molar-refractivity contribution is 14.0. The summed E-state index contributed by atoms with van der Waals surface area (Å²) in [6.07, 6.45) is 3.00. The summed E-state index contributed by atoms with van der Waals surface area (Å²) >= 11 is 0. The molecule has 2 N–H and O–H groups in total. The van der Waals surface area contributed by atoms with Gasteiger partial charge in [-0.25, -0.2) is 0 Å². The summed E-state index contributed by atoms with van der Waals surface area (Å²) in [4.78, 5) is 4.11. The van der Waals surface area contributed by atoms with E-state index >= 15 is 0 Å². The molecule has 2 heterocycles. The molecule has 1 aliphatic rings. The van der Waals surface area contributed by atoms with Crippen molar-refractivity contribution in [1.29, 1.82) is 0 Å². The molecule has 0 aliphatic carbocycles. The number of aromatic nitrogens is 2. The Hall–Kier alpha value is -0.830. The molecule has 1 aromatic heterocycles. The first-order valence-electron chi connectivity index (χ1n) is 6.24. The van der Waals surface area contributed by atoms with Crippen LogP contribution in [0.3, 0.4) is 0 Å². The lowest BCUT2D eigenvalue weighted by molar-refractivity contribution is 0.0848. The minimum atomic E-state index is 0. The topological polar surface area (TPSA) is 63.5 Å². The van der Waals surface area contributed by atoms with Crippen LogP contribution in [0.15, 0.2) is 17.3 Å². The van der Waals surface area contributed by atoms with Gasteiger partial charge in [0, 0.05) is 46.4 Å². The van der Waals surface area contributed by atoms with E-state index in [1.165, 1.54) is 0 Å². The molecule has 0 amide bonds. The van der Waals surface area contributed by atoms with Gasteiger partial charge in [0.25, 0.3) is 0 Å². The first-order valence-corrected chi connectivity index (χ1v) is 6.24. The molecule has 7 heteroatoms. The van der Waals surface area contributed by atoms with Crippen LogP contribution in [0.4, 0.5) is 0 Å². The van der Waals surface area contributed by atoms with Crippen LogP contribution in [-0.4, -0.2) is 43.0 Å². The lowest BCUT2D eigenvalue weighted by atomic mass is 9.99. The van der Waals surface area contributed by atoms with Crippen LogP contribution >= 0.6 is 24.0 Å². The van der Waals surface area contributed by atoms with E-state index in [1.54, 1.807) is 7.05 Å². The van der Waals surface area contributed by atoms with Crippen molar-refractivity contribution in [3.63, 3.8) is 0 Å². The SMILES string of the molecule is CN=C(NC)NC[C@@H]1CCO[C@H]1c1ccnn1C.I. The Bertz CT molecular complexity index is 420. The monoisotopic (exact) mass is 379 g/mol. The van der Waals surface area contributed by atoms with Gasteiger partial charge in [-0.3, -0.25) is 9.67 Å². The minimum absolute atomic E-state index is 0. The second-order valence-corrected chi connectivity index (χ2v) is 4.42. The first kappa shape index (κ1) is 16.2.